The average molecular weight is 348 g/mol. The fourth-order valence-corrected chi connectivity index (χ4v) is 4.20. The highest BCUT2D eigenvalue weighted by Crippen LogP contribution is 2.25. The highest BCUT2D eigenvalue weighted by molar-refractivity contribution is 7.99. The Balaban J connectivity index is 1.58. The lowest BCUT2D eigenvalue weighted by atomic mass is 10.1. The van der Waals surface area contributed by atoms with Gasteiger partial charge >= 0.3 is 0 Å². The van der Waals surface area contributed by atoms with Crippen LogP contribution in [-0.4, -0.2) is 35.0 Å². The van der Waals surface area contributed by atoms with Crippen LogP contribution < -0.4 is 10.6 Å². The summed E-state index contributed by atoms with van der Waals surface area (Å²) in [5, 5.41) is 8.97. The van der Waals surface area contributed by atoms with Crippen molar-refractivity contribution in [2.24, 2.45) is 0 Å². The van der Waals surface area contributed by atoms with E-state index in [-0.39, 0.29) is 11.9 Å². The molecule has 0 radical (unpaired) electrons. The molecule has 0 bridgehead atoms. The van der Waals surface area contributed by atoms with Crippen molar-refractivity contribution in [3.8, 4) is 11.3 Å². The second-order valence-corrected chi connectivity index (χ2v) is 7.57. The normalized spacial score (nSPS) is 17.9. The Hall–Kier alpha value is -1.37. The molecule has 2 aromatic rings. The van der Waals surface area contributed by atoms with Gasteiger partial charge in [-0.3, -0.25) is 4.79 Å². The number of hydrogen-bond acceptors (Lipinski definition) is 5. The van der Waals surface area contributed by atoms with Crippen molar-refractivity contribution in [1.82, 2.24) is 10.3 Å². The van der Waals surface area contributed by atoms with E-state index in [1.165, 1.54) is 16.9 Å². The summed E-state index contributed by atoms with van der Waals surface area (Å²) in [7, 11) is 0. The van der Waals surface area contributed by atoms with Gasteiger partial charge in [0.15, 0.2) is 5.13 Å². The molecule has 1 amide bonds. The molecule has 0 aliphatic carbocycles. The van der Waals surface area contributed by atoms with Crippen LogP contribution in [0, 0.1) is 0 Å². The summed E-state index contributed by atoms with van der Waals surface area (Å²) in [4.78, 5) is 16.6. The number of nitrogens with one attached hydrogen (secondary N) is 2. The number of benzene rings is 1. The standard InChI is InChI=1S/C17H21N3OS2/c1-2-12-3-5-13(6-4-12)15-11-23-17(19-15)20-16(21)9-14-10-22-8-7-18-14/h3-6,11,14,18H,2,7-10H2,1H3,(H,19,20,21). The van der Waals surface area contributed by atoms with Gasteiger partial charge in [-0.2, -0.15) is 11.8 Å². The van der Waals surface area contributed by atoms with Gasteiger partial charge in [0.25, 0.3) is 0 Å². The maximum Gasteiger partial charge on any atom is 0.227 e. The second-order valence-electron chi connectivity index (χ2n) is 5.57. The molecule has 4 nitrogen and oxygen atoms in total. The van der Waals surface area contributed by atoms with E-state index in [1.54, 1.807) is 0 Å². The Kier molecular flexibility index (Phi) is 5.70. The van der Waals surface area contributed by atoms with Gasteiger partial charge in [0, 0.05) is 41.5 Å². The van der Waals surface area contributed by atoms with Gasteiger partial charge in [0.05, 0.1) is 5.69 Å². The monoisotopic (exact) mass is 347 g/mol. The first-order valence-corrected chi connectivity index (χ1v) is 9.94. The van der Waals surface area contributed by atoms with Gasteiger partial charge < -0.3 is 10.6 Å². The van der Waals surface area contributed by atoms with Crippen molar-refractivity contribution in [2.75, 3.05) is 23.4 Å². The Morgan fingerprint density at radius 3 is 2.91 bits per heavy atom. The van der Waals surface area contributed by atoms with Gasteiger partial charge in [-0.25, -0.2) is 4.98 Å². The number of aromatic nitrogens is 1. The molecule has 1 aliphatic rings. The molecule has 1 saturated heterocycles. The molecule has 122 valence electrons. The Morgan fingerprint density at radius 1 is 1.39 bits per heavy atom. The zero-order chi connectivity index (χ0) is 16.1. The van der Waals surface area contributed by atoms with E-state index >= 15 is 0 Å². The van der Waals surface area contributed by atoms with Gasteiger partial charge in [-0.1, -0.05) is 31.2 Å². The quantitative estimate of drug-likeness (QED) is 0.870. The average Bonchev–Trinajstić information content (AvgIpc) is 3.04. The molecule has 0 saturated carbocycles. The highest BCUT2D eigenvalue weighted by atomic mass is 32.2. The predicted molar refractivity (Wildman–Crippen MR) is 99.3 cm³/mol. The molecule has 1 fully saturated rings. The molecule has 0 spiro atoms. The molecular formula is C17H21N3OS2. The number of amides is 1. The van der Waals surface area contributed by atoms with Crippen LogP contribution in [0.2, 0.25) is 0 Å². The summed E-state index contributed by atoms with van der Waals surface area (Å²) >= 11 is 3.38. The third-order valence-corrected chi connectivity index (χ3v) is 5.73. The number of aryl methyl sites for hydroxylation is 1. The summed E-state index contributed by atoms with van der Waals surface area (Å²) in [5.74, 6) is 2.16. The lowest BCUT2D eigenvalue weighted by molar-refractivity contribution is -0.116. The maximum atomic E-state index is 12.1. The van der Waals surface area contributed by atoms with E-state index < -0.39 is 0 Å². The second kappa shape index (κ2) is 7.95. The molecule has 2 N–H and O–H groups in total. The topological polar surface area (TPSA) is 54.0 Å². The van der Waals surface area contributed by atoms with Crippen molar-refractivity contribution in [3.05, 3.63) is 35.2 Å². The Labute approximate surface area is 145 Å². The summed E-state index contributed by atoms with van der Waals surface area (Å²) in [6, 6.07) is 8.69. The molecule has 3 rings (SSSR count). The van der Waals surface area contributed by atoms with Crippen LogP contribution in [-0.2, 0) is 11.2 Å². The summed E-state index contributed by atoms with van der Waals surface area (Å²) in [6.45, 7) is 3.13. The fourth-order valence-electron chi connectivity index (χ4n) is 2.52. The summed E-state index contributed by atoms with van der Waals surface area (Å²) in [6.07, 6.45) is 1.54. The highest BCUT2D eigenvalue weighted by Gasteiger charge is 2.17. The van der Waals surface area contributed by atoms with E-state index in [2.05, 4.69) is 46.8 Å². The van der Waals surface area contributed by atoms with Crippen molar-refractivity contribution < 1.29 is 4.79 Å². The van der Waals surface area contributed by atoms with Gasteiger partial charge in [0.2, 0.25) is 5.91 Å². The van der Waals surface area contributed by atoms with Crippen LogP contribution in [0.4, 0.5) is 5.13 Å². The van der Waals surface area contributed by atoms with E-state index in [4.69, 9.17) is 0 Å². The number of anilines is 1. The van der Waals surface area contributed by atoms with Crippen LogP contribution in [0.25, 0.3) is 11.3 Å². The first kappa shape index (κ1) is 16.5. The summed E-state index contributed by atoms with van der Waals surface area (Å²) < 4.78 is 0. The van der Waals surface area contributed by atoms with Crippen molar-refractivity contribution in [2.45, 2.75) is 25.8 Å². The largest absolute Gasteiger partial charge is 0.312 e. The molecule has 1 aromatic carbocycles. The predicted octanol–water partition coefficient (Wildman–Crippen LogP) is 3.41. The molecule has 2 heterocycles. The lowest BCUT2D eigenvalue weighted by Crippen LogP contribution is -2.39. The molecule has 6 heteroatoms. The van der Waals surface area contributed by atoms with Gasteiger partial charge in [-0.05, 0) is 12.0 Å². The molecule has 1 unspecified atom stereocenters. The Morgan fingerprint density at radius 2 is 2.22 bits per heavy atom. The minimum absolute atomic E-state index is 0.0345. The Bertz CT molecular complexity index is 648. The number of hydrogen-bond donors (Lipinski definition) is 2. The van der Waals surface area contributed by atoms with Crippen LogP contribution >= 0.6 is 23.1 Å². The van der Waals surface area contributed by atoms with E-state index in [0.717, 1.165) is 35.7 Å². The van der Waals surface area contributed by atoms with Crippen LogP contribution in [0.3, 0.4) is 0 Å². The van der Waals surface area contributed by atoms with Crippen molar-refractivity contribution in [3.63, 3.8) is 0 Å². The number of carbonyl (C=O) groups excluding carboxylic acids is 1. The zero-order valence-electron chi connectivity index (χ0n) is 13.2. The third-order valence-electron chi connectivity index (χ3n) is 3.84. The van der Waals surface area contributed by atoms with E-state index in [1.807, 2.05) is 17.1 Å². The molecule has 1 aromatic heterocycles. The number of carbonyl (C=O) groups is 1. The van der Waals surface area contributed by atoms with Crippen LogP contribution in [0.15, 0.2) is 29.6 Å². The third kappa shape index (κ3) is 4.56. The minimum atomic E-state index is 0.0345. The molecule has 23 heavy (non-hydrogen) atoms. The lowest BCUT2D eigenvalue weighted by Gasteiger charge is -2.22. The van der Waals surface area contributed by atoms with Crippen LogP contribution in [0.1, 0.15) is 18.9 Å². The SMILES string of the molecule is CCc1ccc(-c2csc(NC(=O)CC3CSCCN3)n2)cc1. The van der Waals surface area contributed by atoms with E-state index in [9.17, 15) is 4.79 Å². The first-order valence-electron chi connectivity index (χ1n) is 7.90. The van der Waals surface area contributed by atoms with Gasteiger partial charge in [0.1, 0.15) is 0 Å². The van der Waals surface area contributed by atoms with Crippen LogP contribution in [0.5, 0.6) is 0 Å². The number of thioether (sulfide) groups is 1. The summed E-state index contributed by atoms with van der Waals surface area (Å²) in [5.41, 5.74) is 3.32. The zero-order valence-corrected chi connectivity index (χ0v) is 14.8. The smallest absolute Gasteiger partial charge is 0.227 e. The number of nitrogens with zero attached hydrogens (tertiary/aromatic N) is 1. The van der Waals surface area contributed by atoms with Crippen molar-refractivity contribution >= 4 is 34.1 Å². The minimum Gasteiger partial charge on any atom is -0.312 e. The maximum absolute atomic E-state index is 12.1. The molecule has 1 aliphatic heterocycles. The number of thiazole rings is 1. The fraction of sp³-hybridized carbons (Fsp3) is 0.412. The van der Waals surface area contributed by atoms with Crippen molar-refractivity contribution in [1.29, 1.82) is 0 Å². The van der Waals surface area contributed by atoms with Gasteiger partial charge in [-0.15, -0.1) is 11.3 Å². The molecule has 1 atom stereocenters. The first-order chi connectivity index (χ1) is 11.2. The number of rotatable bonds is 5. The van der Waals surface area contributed by atoms with E-state index in [0.29, 0.717) is 11.6 Å². The molecular weight excluding hydrogens is 326 g/mol.